The van der Waals surface area contributed by atoms with Crippen molar-refractivity contribution in [2.24, 2.45) is 0 Å². The first-order valence-corrected chi connectivity index (χ1v) is 9.37. The van der Waals surface area contributed by atoms with Gasteiger partial charge in [0.2, 0.25) is 0 Å². The second kappa shape index (κ2) is 9.05. The van der Waals surface area contributed by atoms with Crippen LogP contribution in [0.1, 0.15) is 18.2 Å². The molecule has 7 heteroatoms. The normalized spacial score (nSPS) is 11.2. The molecule has 0 spiro atoms. The predicted octanol–water partition coefficient (Wildman–Crippen LogP) is 4.20. The fourth-order valence-corrected chi connectivity index (χ4v) is 3.22. The first kappa shape index (κ1) is 20.8. The number of nitriles is 1. The lowest BCUT2D eigenvalue weighted by Gasteiger charge is -2.08. The van der Waals surface area contributed by atoms with Crippen molar-refractivity contribution < 1.29 is 18.7 Å². The molecule has 0 saturated carbocycles. The van der Waals surface area contributed by atoms with E-state index in [9.17, 15) is 19.2 Å². The molecule has 0 aliphatic rings. The number of hydrogen-bond acceptors (Lipinski definition) is 4. The van der Waals surface area contributed by atoms with Gasteiger partial charge in [0, 0.05) is 22.2 Å². The standard InChI is InChI=1S/C23H20FN3O3/c1-3-30-22(28)14-27-15(2)18(17-8-4-7-11-21(17)27)12-16(13-25)23(29)26-20-10-6-5-9-19(20)24/h4-12H,3,14H2,1-2H3,(H,26,29)/b16-12+. The smallest absolute Gasteiger partial charge is 0.325 e. The largest absolute Gasteiger partial charge is 0.465 e. The molecule has 30 heavy (non-hydrogen) atoms. The number of benzene rings is 2. The Morgan fingerprint density at radius 3 is 2.60 bits per heavy atom. The number of halogens is 1. The van der Waals surface area contributed by atoms with Crippen LogP contribution in [0.25, 0.3) is 17.0 Å². The molecule has 0 saturated heterocycles. The van der Waals surface area contributed by atoms with E-state index in [1.54, 1.807) is 24.5 Å². The third-order valence-electron chi connectivity index (χ3n) is 4.65. The summed E-state index contributed by atoms with van der Waals surface area (Å²) in [6, 6.07) is 15.0. The van der Waals surface area contributed by atoms with E-state index in [2.05, 4.69) is 5.32 Å². The Kier molecular flexibility index (Phi) is 6.28. The van der Waals surface area contributed by atoms with Crippen molar-refractivity contribution in [2.75, 3.05) is 11.9 Å². The van der Waals surface area contributed by atoms with Gasteiger partial charge >= 0.3 is 5.97 Å². The number of aromatic nitrogens is 1. The summed E-state index contributed by atoms with van der Waals surface area (Å²) in [5, 5.41) is 12.7. The van der Waals surface area contributed by atoms with Crippen LogP contribution in [0, 0.1) is 24.1 Å². The minimum absolute atomic E-state index is 0.00916. The molecule has 6 nitrogen and oxygen atoms in total. The third kappa shape index (κ3) is 4.23. The number of esters is 1. The molecule has 1 N–H and O–H groups in total. The molecular formula is C23H20FN3O3. The number of nitrogens with zero attached hydrogens (tertiary/aromatic N) is 2. The SMILES string of the molecule is CCOC(=O)Cn1c(C)c(/C=C(\C#N)C(=O)Nc2ccccc2F)c2ccccc21. The lowest BCUT2D eigenvalue weighted by atomic mass is 10.1. The van der Waals surface area contributed by atoms with E-state index >= 15 is 0 Å². The Hall–Kier alpha value is -3.92. The minimum Gasteiger partial charge on any atom is -0.465 e. The molecule has 152 valence electrons. The summed E-state index contributed by atoms with van der Waals surface area (Å²) in [5.41, 5.74) is 1.93. The lowest BCUT2D eigenvalue weighted by molar-refractivity contribution is -0.143. The summed E-state index contributed by atoms with van der Waals surface area (Å²) < 4.78 is 20.7. The van der Waals surface area contributed by atoms with E-state index < -0.39 is 11.7 Å². The van der Waals surface area contributed by atoms with Crippen LogP contribution in [0.15, 0.2) is 54.1 Å². The molecule has 1 amide bonds. The highest BCUT2D eigenvalue weighted by molar-refractivity contribution is 6.11. The highest BCUT2D eigenvalue weighted by Gasteiger charge is 2.18. The number of amides is 1. The number of hydrogen-bond donors (Lipinski definition) is 1. The van der Waals surface area contributed by atoms with Gasteiger partial charge < -0.3 is 14.6 Å². The zero-order valence-electron chi connectivity index (χ0n) is 16.6. The van der Waals surface area contributed by atoms with Gasteiger partial charge in [0.15, 0.2) is 0 Å². The maximum absolute atomic E-state index is 13.8. The summed E-state index contributed by atoms with van der Waals surface area (Å²) in [4.78, 5) is 24.6. The molecule has 3 aromatic rings. The Morgan fingerprint density at radius 2 is 1.90 bits per heavy atom. The van der Waals surface area contributed by atoms with Crippen LogP contribution in [0.4, 0.5) is 10.1 Å². The Labute approximate surface area is 173 Å². The van der Waals surface area contributed by atoms with E-state index in [0.29, 0.717) is 11.3 Å². The van der Waals surface area contributed by atoms with Gasteiger partial charge in [-0.1, -0.05) is 30.3 Å². The monoisotopic (exact) mass is 405 g/mol. The molecule has 0 aliphatic carbocycles. The van der Waals surface area contributed by atoms with Crippen molar-refractivity contribution >= 4 is 34.5 Å². The van der Waals surface area contributed by atoms with Crippen molar-refractivity contribution in [3.8, 4) is 6.07 Å². The van der Waals surface area contributed by atoms with Crippen LogP contribution >= 0.6 is 0 Å². The van der Waals surface area contributed by atoms with E-state index in [1.165, 1.54) is 24.3 Å². The average molecular weight is 405 g/mol. The third-order valence-corrected chi connectivity index (χ3v) is 4.65. The molecule has 0 unspecified atom stereocenters. The van der Waals surface area contributed by atoms with Gasteiger partial charge in [0.05, 0.1) is 12.3 Å². The van der Waals surface area contributed by atoms with Gasteiger partial charge in [-0.15, -0.1) is 0 Å². The van der Waals surface area contributed by atoms with Crippen LogP contribution in [0.5, 0.6) is 0 Å². The van der Waals surface area contributed by atoms with Gasteiger partial charge in [-0.3, -0.25) is 9.59 Å². The Balaban J connectivity index is 2.02. The van der Waals surface area contributed by atoms with Crippen LogP contribution in [-0.4, -0.2) is 23.1 Å². The Bertz CT molecular complexity index is 1190. The highest BCUT2D eigenvalue weighted by atomic mass is 19.1. The average Bonchev–Trinajstić information content (AvgIpc) is 2.99. The summed E-state index contributed by atoms with van der Waals surface area (Å²) in [5.74, 6) is -1.69. The number of para-hydroxylation sites is 2. The fraction of sp³-hybridized carbons (Fsp3) is 0.174. The number of fused-ring (bicyclic) bond motifs is 1. The number of ether oxygens (including phenoxy) is 1. The predicted molar refractivity (Wildman–Crippen MR) is 112 cm³/mol. The van der Waals surface area contributed by atoms with Crippen LogP contribution in [0.2, 0.25) is 0 Å². The lowest BCUT2D eigenvalue weighted by Crippen LogP contribution is -2.15. The first-order chi connectivity index (χ1) is 14.5. The number of nitrogens with one attached hydrogen (secondary N) is 1. The molecule has 0 fully saturated rings. The molecule has 0 atom stereocenters. The number of carbonyl (C=O) groups excluding carboxylic acids is 2. The van der Waals surface area contributed by atoms with Crippen molar-refractivity contribution in [1.29, 1.82) is 5.26 Å². The second-order valence-electron chi connectivity index (χ2n) is 6.51. The molecular weight excluding hydrogens is 385 g/mol. The number of anilines is 1. The topological polar surface area (TPSA) is 84.1 Å². The van der Waals surface area contributed by atoms with Crippen LogP contribution in [-0.2, 0) is 20.9 Å². The van der Waals surface area contributed by atoms with E-state index in [4.69, 9.17) is 4.74 Å². The quantitative estimate of drug-likeness (QED) is 0.378. The fourth-order valence-electron chi connectivity index (χ4n) is 3.22. The maximum atomic E-state index is 13.8. The van der Waals surface area contributed by atoms with Gasteiger partial charge in [0.1, 0.15) is 24.0 Å². The molecule has 1 heterocycles. The zero-order chi connectivity index (χ0) is 21.7. The maximum Gasteiger partial charge on any atom is 0.325 e. The van der Waals surface area contributed by atoms with E-state index in [-0.39, 0.29) is 30.4 Å². The van der Waals surface area contributed by atoms with Gasteiger partial charge in [-0.2, -0.15) is 5.26 Å². The summed E-state index contributed by atoms with van der Waals surface area (Å²) >= 11 is 0. The van der Waals surface area contributed by atoms with Gasteiger partial charge in [0.25, 0.3) is 5.91 Å². The number of rotatable bonds is 6. The zero-order valence-corrected chi connectivity index (χ0v) is 16.6. The van der Waals surface area contributed by atoms with Crippen LogP contribution in [0.3, 0.4) is 0 Å². The minimum atomic E-state index is -0.718. The first-order valence-electron chi connectivity index (χ1n) is 9.37. The second-order valence-corrected chi connectivity index (χ2v) is 6.51. The number of carbonyl (C=O) groups is 2. The highest BCUT2D eigenvalue weighted by Crippen LogP contribution is 2.28. The molecule has 0 bridgehead atoms. The summed E-state index contributed by atoms with van der Waals surface area (Å²) in [7, 11) is 0. The van der Waals surface area contributed by atoms with Crippen molar-refractivity contribution in [1.82, 2.24) is 4.57 Å². The van der Waals surface area contributed by atoms with Crippen molar-refractivity contribution in [3.05, 3.63) is 71.2 Å². The molecule has 2 aromatic carbocycles. The Morgan fingerprint density at radius 1 is 1.20 bits per heavy atom. The van der Waals surface area contributed by atoms with Crippen LogP contribution < -0.4 is 5.32 Å². The van der Waals surface area contributed by atoms with E-state index in [0.717, 1.165) is 10.9 Å². The molecule has 1 aromatic heterocycles. The van der Waals surface area contributed by atoms with Crippen molar-refractivity contribution in [3.63, 3.8) is 0 Å². The van der Waals surface area contributed by atoms with Gasteiger partial charge in [-0.05, 0) is 38.1 Å². The molecule has 0 aliphatic heterocycles. The van der Waals surface area contributed by atoms with E-state index in [1.807, 2.05) is 30.3 Å². The summed E-state index contributed by atoms with van der Waals surface area (Å²) in [6.07, 6.45) is 1.45. The van der Waals surface area contributed by atoms with Crippen molar-refractivity contribution in [2.45, 2.75) is 20.4 Å². The summed E-state index contributed by atoms with van der Waals surface area (Å²) in [6.45, 7) is 3.82. The molecule has 0 radical (unpaired) electrons. The van der Waals surface area contributed by atoms with Gasteiger partial charge in [-0.25, -0.2) is 4.39 Å². The molecule has 3 rings (SSSR count).